The minimum atomic E-state index is -0.410. The quantitative estimate of drug-likeness (QED) is 0.531. The standard InChI is InChI=1S/C22H21N5O/c1-16(2)25-22(28)19(12-23)11-21-20(18-9-6-10-24-13-18)15-27(26-21)14-17-7-4-3-5-8-17/h3-11,13,15-16H,14H2,1-2H3,(H,25,28). The number of nitriles is 1. The van der Waals surface area contributed by atoms with E-state index in [0.717, 1.165) is 16.7 Å². The van der Waals surface area contributed by atoms with Gasteiger partial charge in [0.25, 0.3) is 5.91 Å². The lowest BCUT2D eigenvalue weighted by molar-refractivity contribution is -0.117. The Morgan fingerprint density at radius 2 is 2.04 bits per heavy atom. The first-order valence-electron chi connectivity index (χ1n) is 9.01. The van der Waals surface area contributed by atoms with Gasteiger partial charge in [-0.2, -0.15) is 10.4 Å². The number of hydrogen-bond donors (Lipinski definition) is 1. The van der Waals surface area contributed by atoms with Crippen molar-refractivity contribution in [2.75, 3.05) is 0 Å². The first-order valence-corrected chi connectivity index (χ1v) is 9.01. The Morgan fingerprint density at radius 3 is 2.68 bits per heavy atom. The van der Waals surface area contributed by atoms with Gasteiger partial charge in [0.2, 0.25) is 0 Å². The number of benzene rings is 1. The maximum absolute atomic E-state index is 12.3. The fraction of sp³-hybridized carbons (Fsp3) is 0.182. The van der Waals surface area contributed by atoms with Gasteiger partial charge in [-0.05, 0) is 31.6 Å². The zero-order chi connectivity index (χ0) is 19.9. The molecule has 140 valence electrons. The second-order valence-corrected chi connectivity index (χ2v) is 6.65. The van der Waals surface area contributed by atoms with Gasteiger partial charge in [0.15, 0.2) is 0 Å². The molecule has 0 saturated carbocycles. The molecule has 0 aliphatic rings. The molecule has 0 saturated heterocycles. The van der Waals surface area contributed by atoms with Crippen LogP contribution in [-0.2, 0) is 11.3 Å². The number of carbonyl (C=O) groups excluding carboxylic acids is 1. The molecule has 2 aromatic heterocycles. The smallest absolute Gasteiger partial charge is 0.262 e. The van der Waals surface area contributed by atoms with Crippen LogP contribution in [0.2, 0.25) is 0 Å². The van der Waals surface area contributed by atoms with E-state index in [-0.39, 0.29) is 11.6 Å². The van der Waals surface area contributed by atoms with E-state index in [1.165, 1.54) is 6.08 Å². The molecule has 1 N–H and O–H groups in total. The molecule has 0 aliphatic carbocycles. The van der Waals surface area contributed by atoms with Gasteiger partial charge in [0.05, 0.1) is 12.2 Å². The van der Waals surface area contributed by atoms with Crippen LogP contribution in [0.4, 0.5) is 0 Å². The fourth-order valence-corrected chi connectivity index (χ4v) is 2.76. The predicted octanol–water partition coefficient (Wildman–Crippen LogP) is 3.42. The van der Waals surface area contributed by atoms with Crippen LogP contribution < -0.4 is 5.32 Å². The highest BCUT2D eigenvalue weighted by molar-refractivity contribution is 6.02. The zero-order valence-electron chi connectivity index (χ0n) is 15.8. The topological polar surface area (TPSA) is 83.6 Å². The molecule has 0 spiro atoms. The lowest BCUT2D eigenvalue weighted by Crippen LogP contribution is -2.30. The molecule has 0 unspecified atom stereocenters. The van der Waals surface area contributed by atoms with Crippen LogP contribution >= 0.6 is 0 Å². The van der Waals surface area contributed by atoms with Crippen LogP contribution in [0.15, 0.2) is 66.6 Å². The van der Waals surface area contributed by atoms with Crippen molar-refractivity contribution in [1.29, 1.82) is 5.26 Å². The molecular formula is C22H21N5O. The number of pyridine rings is 1. The third-order valence-corrected chi connectivity index (χ3v) is 4.02. The summed E-state index contributed by atoms with van der Waals surface area (Å²) in [6.07, 6.45) is 6.87. The van der Waals surface area contributed by atoms with Gasteiger partial charge in [-0.3, -0.25) is 14.5 Å². The van der Waals surface area contributed by atoms with Gasteiger partial charge in [0, 0.05) is 35.8 Å². The van der Waals surface area contributed by atoms with E-state index in [1.54, 1.807) is 17.1 Å². The summed E-state index contributed by atoms with van der Waals surface area (Å²) in [6.45, 7) is 4.28. The molecule has 3 aromatic rings. The molecule has 6 nitrogen and oxygen atoms in total. The van der Waals surface area contributed by atoms with Crippen molar-refractivity contribution in [1.82, 2.24) is 20.1 Å². The molecule has 0 bridgehead atoms. The summed E-state index contributed by atoms with van der Waals surface area (Å²) in [7, 11) is 0. The number of nitrogens with zero attached hydrogens (tertiary/aromatic N) is 4. The van der Waals surface area contributed by atoms with E-state index in [4.69, 9.17) is 0 Å². The molecule has 1 aromatic carbocycles. The predicted molar refractivity (Wildman–Crippen MR) is 108 cm³/mol. The molecular weight excluding hydrogens is 350 g/mol. The lowest BCUT2D eigenvalue weighted by Gasteiger charge is -2.06. The van der Waals surface area contributed by atoms with Gasteiger partial charge in [-0.1, -0.05) is 36.4 Å². The van der Waals surface area contributed by atoms with Gasteiger partial charge < -0.3 is 5.32 Å². The van der Waals surface area contributed by atoms with Crippen LogP contribution in [0.5, 0.6) is 0 Å². The SMILES string of the molecule is CC(C)NC(=O)C(C#N)=Cc1nn(Cc2ccccc2)cc1-c1cccnc1. The van der Waals surface area contributed by atoms with Crippen LogP contribution in [0.3, 0.4) is 0 Å². The van der Waals surface area contributed by atoms with Crippen molar-refractivity contribution >= 4 is 12.0 Å². The zero-order valence-corrected chi connectivity index (χ0v) is 15.8. The van der Waals surface area contributed by atoms with Crippen LogP contribution in [-0.4, -0.2) is 26.7 Å². The third kappa shape index (κ3) is 4.71. The number of amides is 1. The minimum absolute atomic E-state index is 0.0174. The average molecular weight is 371 g/mol. The van der Waals surface area contributed by atoms with Gasteiger partial charge in [-0.15, -0.1) is 0 Å². The largest absolute Gasteiger partial charge is 0.349 e. The van der Waals surface area contributed by atoms with E-state index in [1.807, 2.05) is 68.6 Å². The first kappa shape index (κ1) is 19.1. The Labute approximate surface area is 164 Å². The molecule has 0 fully saturated rings. The maximum Gasteiger partial charge on any atom is 0.262 e. The number of hydrogen-bond acceptors (Lipinski definition) is 4. The summed E-state index contributed by atoms with van der Waals surface area (Å²) in [5, 5.41) is 16.8. The van der Waals surface area contributed by atoms with Crippen molar-refractivity contribution in [3.63, 3.8) is 0 Å². The van der Waals surface area contributed by atoms with Crippen molar-refractivity contribution < 1.29 is 4.79 Å². The Kier molecular flexibility index (Phi) is 5.97. The van der Waals surface area contributed by atoms with E-state index in [2.05, 4.69) is 15.4 Å². The third-order valence-electron chi connectivity index (χ3n) is 4.02. The number of rotatable bonds is 6. The minimum Gasteiger partial charge on any atom is -0.349 e. The molecule has 2 heterocycles. The van der Waals surface area contributed by atoms with Crippen LogP contribution in [0, 0.1) is 11.3 Å². The van der Waals surface area contributed by atoms with Crippen LogP contribution in [0.1, 0.15) is 25.1 Å². The first-order chi connectivity index (χ1) is 13.6. The Bertz CT molecular complexity index is 1010. The van der Waals surface area contributed by atoms with Gasteiger partial charge >= 0.3 is 0 Å². The molecule has 6 heteroatoms. The van der Waals surface area contributed by atoms with Crippen molar-refractivity contribution in [3.05, 3.63) is 77.9 Å². The molecule has 3 rings (SSSR count). The van der Waals surface area contributed by atoms with Crippen molar-refractivity contribution in [3.8, 4) is 17.2 Å². The summed E-state index contributed by atoms with van der Waals surface area (Å²) >= 11 is 0. The number of carbonyl (C=O) groups is 1. The monoisotopic (exact) mass is 371 g/mol. The number of aromatic nitrogens is 3. The van der Waals surface area contributed by atoms with Gasteiger partial charge in [-0.25, -0.2) is 0 Å². The highest BCUT2D eigenvalue weighted by Crippen LogP contribution is 2.24. The maximum atomic E-state index is 12.3. The summed E-state index contributed by atoms with van der Waals surface area (Å²) in [5.41, 5.74) is 3.36. The van der Waals surface area contributed by atoms with Gasteiger partial charge in [0.1, 0.15) is 11.6 Å². The highest BCUT2D eigenvalue weighted by Gasteiger charge is 2.15. The molecule has 0 aliphatic heterocycles. The Hall–Kier alpha value is -3.72. The molecule has 0 radical (unpaired) electrons. The molecule has 28 heavy (non-hydrogen) atoms. The second-order valence-electron chi connectivity index (χ2n) is 6.65. The number of nitrogens with one attached hydrogen (secondary N) is 1. The second kappa shape index (κ2) is 8.78. The normalized spacial score (nSPS) is 11.3. The van der Waals surface area contributed by atoms with E-state index in [9.17, 15) is 10.1 Å². The van der Waals surface area contributed by atoms with E-state index >= 15 is 0 Å². The Morgan fingerprint density at radius 1 is 1.25 bits per heavy atom. The molecule has 1 amide bonds. The van der Waals surface area contributed by atoms with E-state index in [0.29, 0.717) is 12.2 Å². The summed E-state index contributed by atoms with van der Waals surface area (Å²) in [5.74, 6) is -0.410. The average Bonchev–Trinajstić information content (AvgIpc) is 3.09. The van der Waals surface area contributed by atoms with E-state index < -0.39 is 5.91 Å². The van der Waals surface area contributed by atoms with Crippen molar-refractivity contribution in [2.45, 2.75) is 26.4 Å². The summed E-state index contributed by atoms with van der Waals surface area (Å²) in [4.78, 5) is 16.5. The lowest BCUT2D eigenvalue weighted by atomic mass is 10.1. The highest BCUT2D eigenvalue weighted by atomic mass is 16.1. The Balaban J connectivity index is 2.02. The fourth-order valence-electron chi connectivity index (χ4n) is 2.76. The molecule has 0 atom stereocenters. The van der Waals surface area contributed by atoms with Crippen molar-refractivity contribution in [2.24, 2.45) is 0 Å². The van der Waals surface area contributed by atoms with Crippen LogP contribution in [0.25, 0.3) is 17.2 Å². The summed E-state index contributed by atoms with van der Waals surface area (Å²) in [6, 6.07) is 15.7. The summed E-state index contributed by atoms with van der Waals surface area (Å²) < 4.78 is 1.80.